The Morgan fingerprint density at radius 2 is 1.58 bits per heavy atom. The number of rotatable bonds is 7. The van der Waals surface area contributed by atoms with Crippen molar-refractivity contribution < 1.29 is 19.1 Å². The van der Waals surface area contributed by atoms with Gasteiger partial charge in [-0.3, -0.25) is 23.7 Å². The standard InChI is InChI=1S/C25H19N3O5/c29-22(27-21-13-7-4-10-18(21)24(31)17-8-2-1-3-9-17)15-33-23(30)14-28-16-26-20-12-6-5-11-19(20)25(28)32/h1-13,16H,14-15H2,(H,27,29). The third-order valence-electron chi connectivity index (χ3n) is 4.88. The van der Waals surface area contributed by atoms with Gasteiger partial charge in [0.2, 0.25) is 0 Å². The van der Waals surface area contributed by atoms with Gasteiger partial charge in [0.05, 0.1) is 22.9 Å². The van der Waals surface area contributed by atoms with E-state index in [0.29, 0.717) is 27.7 Å². The SMILES string of the molecule is O=C(COC(=O)Cn1cnc2ccccc2c1=O)Nc1ccccc1C(=O)c1ccccc1. The zero-order valence-electron chi connectivity index (χ0n) is 17.4. The molecule has 8 nitrogen and oxygen atoms in total. The summed E-state index contributed by atoms with van der Waals surface area (Å²) >= 11 is 0. The maximum absolute atomic E-state index is 12.8. The minimum atomic E-state index is -0.766. The summed E-state index contributed by atoms with van der Waals surface area (Å²) in [6.45, 7) is -0.949. The maximum Gasteiger partial charge on any atom is 0.326 e. The smallest absolute Gasteiger partial charge is 0.326 e. The highest BCUT2D eigenvalue weighted by Crippen LogP contribution is 2.19. The van der Waals surface area contributed by atoms with E-state index in [1.54, 1.807) is 78.9 Å². The van der Waals surface area contributed by atoms with Crippen LogP contribution in [-0.4, -0.2) is 33.8 Å². The summed E-state index contributed by atoms with van der Waals surface area (Å²) in [5, 5.41) is 2.98. The van der Waals surface area contributed by atoms with E-state index in [-0.39, 0.29) is 17.9 Å². The number of ether oxygens (including phenoxy) is 1. The van der Waals surface area contributed by atoms with Gasteiger partial charge in [-0.25, -0.2) is 4.98 Å². The van der Waals surface area contributed by atoms with Crippen molar-refractivity contribution in [1.82, 2.24) is 9.55 Å². The van der Waals surface area contributed by atoms with Crippen molar-refractivity contribution in [3.05, 3.63) is 107 Å². The minimum absolute atomic E-state index is 0.244. The van der Waals surface area contributed by atoms with Crippen molar-refractivity contribution >= 4 is 34.3 Å². The second-order valence-electron chi connectivity index (χ2n) is 7.14. The lowest BCUT2D eigenvalue weighted by atomic mass is 10.0. The van der Waals surface area contributed by atoms with Gasteiger partial charge >= 0.3 is 5.97 Å². The van der Waals surface area contributed by atoms with E-state index in [4.69, 9.17) is 4.74 Å². The number of nitrogens with one attached hydrogen (secondary N) is 1. The highest BCUT2D eigenvalue weighted by molar-refractivity contribution is 6.13. The molecule has 4 rings (SSSR count). The van der Waals surface area contributed by atoms with E-state index in [0.717, 1.165) is 4.57 Å². The van der Waals surface area contributed by atoms with Gasteiger partial charge in [0, 0.05) is 11.1 Å². The van der Waals surface area contributed by atoms with Gasteiger partial charge in [0.15, 0.2) is 12.4 Å². The van der Waals surface area contributed by atoms with E-state index in [9.17, 15) is 19.2 Å². The normalized spacial score (nSPS) is 10.5. The first-order chi connectivity index (χ1) is 16.0. The van der Waals surface area contributed by atoms with Crippen LogP contribution in [0, 0.1) is 0 Å². The summed E-state index contributed by atoms with van der Waals surface area (Å²) < 4.78 is 6.13. The van der Waals surface area contributed by atoms with Gasteiger partial charge < -0.3 is 10.1 Å². The molecule has 0 saturated heterocycles. The van der Waals surface area contributed by atoms with Crippen LogP contribution in [0.15, 0.2) is 90.0 Å². The second-order valence-corrected chi connectivity index (χ2v) is 7.14. The van der Waals surface area contributed by atoms with Gasteiger partial charge in [0.1, 0.15) is 6.54 Å². The molecule has 1 amide bonds. The first-order valence-corrected chi connectivity index (χ1v) is 10.1. The summed E-state index contributed by atoms with van der Waals surface area (Å²) in [6, 6.07) is 22.1. The van der Waals surface area contributed by atoms with Crippen molar-refractivity contribution in [2.24, 2.45) is 0 Å². The van der Waals surface area contributed by atoms with E-state index >= 15 is 0 Å². The molecule has 0 saturated carbocycles. The molecule has 0 bridgehead atoms. The molecule has 0 spiro atoms. The zero-order valence-corrected chi connectivity index (χ0v) is 17.4. The van der Waals surface area contributed by atoms with Crippen LogP contribution in [0.2, 0.25) is 0 Å². The first-order valence-electron chi connectivity index (χ1n) is 10.1. The Bertz CT molecular complexity index is 1400. The lowest BCUT2D eigenvalue weighted by molar-refractivity contribution is -0.147. The highest BCUT2D eigenvalue weighted by Gasteiger charge is 2.16. The molecule has 3 aromatic carbocycles. The fourth-order valence-electron chi connectivity index (χ4n) is 3.27. The van der Waals surface area contributed by atoms with Crippen LogP contribution in [0.1, 0.15) is 15.9 Å². The summed E-state index contributed by atoms with van der Waals surface area (Å²) in [5.41, 5.74) is 1.25. The van der Waals surface area contributed by atoms with E-state index in [1.165, 1.54) is 6.33 Å². The Morgan fingerprint density at radius 1 is 0.879 bits per heavy atom. The number of amides is 1. The largest absolute Gasteiger partial charge is 0.454 e. The van der Waals surface area contributed by atoms with Gasteiger partial charge in [-0.05, 0) is 24.3 Å². The Balaban J connectivity index is 1.38. The number of fused-ring (bicyclic) bond motifs is 1. The number of para-hydroxylation sites is 2. The Labute approximate surface area is 188 Å². The van der Waals surface area contributed by atoms with Crippen LogP contribution in [0.3, 0.4) is 0 Å². The first kappa shape index (κ1) is 21.6. The molecular formula is C25H19N3O5. The monoisotopic (exact) mass is 441 g/mol. The third-order valence-corrected chi connectivity index (χ3v) is 4.88. The Hall–Kier alpha value is -4.59. The lowest BCUT2D eigenvalue weighted by Crippen LogP contribution is -2.28. The van der Waals surface area contributed by atoms with Crippen LogP contribution in [0.4, 0.5) is 5.69 Å². The van der Waals surface area contributed by atoms with Gasteiger partial charge in [-0.1, -0.05) is 54.6 Å². The molecule has 8 heteroatoms. The molecule has 0 aliphatic carbocycles. The molecule has 0 atom stereocenters. The van der Waals surface area contributed by atoms with Crippen LogP contribution >= 0.6 is 0 Å². The summed E-state index contributed by atoms with van der Waals surface area (Å²) in [4.78, 5) is 53.9. The van der Waals surface area contributed by atoms with E-state index < -0.39 is 18.5 Å². The number of ketones is 1. The van der Waals surface area contributed by atoms with Crippen molar-refractivity contribution in [3.63, 3.8) is 0 Å². The van der Waals surface area contributed by atoms with Crippen LogP contribution in [-0.2, 0) is 20.9 Å². The number of nitrogens with zero attached hydrogens (tertiary/aromatic N) is 2. The van der Waals surface area contributed by atoms with E-state index in [2.05, 4.69) is 10.3 Å². The van der Waals surface area contributed by atoms with Gasteiger partial charge in [-0.15, -0.1) is 0 Å². The number of carbonyl (C=O) groups is 3. The highest BCUT2D eigenvalue weighted by atomic mass is 16.5. The summed E-state index contributed by atoms with van der Waals surface area (Å²) in [5.74, 6) is -1.62. The molecule has 1 aromatic heterocycles. The number of hydrogen-bond acceptors (Lipinski definition) is 6. The van der Waals surface area contributed by atoms with E-state index in [1.807, 2.05) is 0 Å². The molecule has 0 fully saturated rings. The number of benzene rings is 3. The average molecular weight is 441 g/mol. The average Bonchev–Trinajstić information content (AvgIpc) is 2.85. The van der Waals surface area contributed by atoms with Crippen molar-refractivity contribution in [1.29, 1.82) is 0 Å². The molecule has 0 aliphatic rings. The maximum atomic E-state index is 12.8. The summed E-state index contributed by atoms with van der Waals surface area (Å²) in [6.07, 6.45) is 1.26. The molecule has 33 heavy (non-hydrogen) atoms. The minimum Gasteiger partial charge on any atom is -0.454 e. The molecular weight excluding hydrogens is 422 g/mol. The second kappa shape index (κ2) is 9.69. The number of aromatic nitrogens is 2. The number of hydrogen-bond donors (Lipinski definition) is 1. The number of anilines is 1. The molecule has 0 aliphatic heterocycles. The molecule has 164 valence electrons. The number of esters is 1. The van der Waals surface area contributed by atoms with Crippen molar-refractivity contribution in [2.45, 2.75) is 6.54 Å². The van der Waals surface area contributed by atoms with Crippen LogP contribution in [0.25, 0.3) is 10.9 Å². The molecule has 1 heterocycles. The number of carbonyl (C=O) groups excluding carboxylic acids is 3. The predicted molar refractivity (Wildman–Crippen MR) is 122 cm³/mol. The fraction of sp³-hybridized carbons (Fsp3) is 0.0800. The molecule has 0 radical (unpaired) electrons. The quantitative estimate of drug-likeness (QED) is 0.349. The molecule has 4 aromatic rings. The van der Waals surface area contributed by atoms with Crippen LogP contribution in [0.5, 0.6) is 0 Å². The fourth-order valence-corrected chi connectivity index (χ4v) is 3.27. The van der Waals surface area contributed by atoms with Crippen LogP contribution < -0.4 is 10.9 Å². The molecule has 1 N–H and O–H groups in total. The lowest BCUT2D eigenvalue weighted by Gasteiger charge is -2.11. The topological polar surface area (TPSA) is 107 Å². The Kier molecular flexibility index (Phi) is 6.36. The predicted octanol–water partition coefficient (Wildman–Crippen LogP) is 2.81. The third kappa shape index (κ3) is 5.01. The zero-order chi connectivity index (χ0) is 23.2. The Morgan fingerprint density at radius 3 is 2.39 bits per heavy atom. The van der Waals surface area contributed by atoms with Crippen molar-refractivity contribution in [3.8, 4) is 0 Å². The van der Waals surface area contributed by atoms with Gasteiger partial charge in [0.25, 0.3) is 11.5 Å². The van der Waals surface area contributed by atoms with Gasteiger partial charge in [-0.2, -0.15) is 0 Å². The molecule has 0 unspecified atom stereocenters. The van der Waals surface area contributed by atoms with Crippen molar-refractivity contribution in [2.75, 3.05) is 11.9 Å². The summed E-state index contributed by atoms with van der Waals surface area (Å²) in [7, 11) is 0.